The molecule has 0 aliphatic heterocycles. The summed E-state index contributed by atoms with van der Waals surface area (Å²) in [6.07, 6.45) is 2.11. The average molecular weight is 215 g/mol. The van der Waals surface area contributed by atoms with Crippen molar-refractivity contribution in [1.29, 1.82) is 0 Å². The van der Waals surface area contributed by atoms with Crippen molar-refractivity contribution in [2.75, 3.05) is 12.8 Å². The molecule has 5 nitrogen and oxygen atoms in total. The summed E-state index contributed by atoms with van der Waals surface area (Å²) in [6.45, 7) is 6.02. The predicted octanol–water partition coefficient (Wildman–Crippen LogP) is 0.441. The third-order valence-electron chi connectivity index (χ3n) is 1.94. The molecule has 0 bridgehead atoms. The molecule has 0 aliphatic rings. The molecule has 0 saturated carbocycles. The molecule has 0 unspecified atom stereocenters. The van der Waals surface area contributed by atoms with Crippen LogP contribution in [0, 0.1) is 0 Å². The average Bonchev–Trinajstić information content (AvgIpc) is 2.51. The summed E-state index contributed by atoms with van der Waals surface area (Å²) in [5.41, 5.74) is 0. The topological polar surface area (TPSA) is 55.6 Å². The standard InChI is InChI=1S/C8H17N5S/c1-8(2,14-4)6-9-5-7-10-12-13(3)11-7/h9H,5-6H2,1-4H3. The van der Waals surface area contributed by atoms with Gasteiger partial charge in [0.05, 0.1) is 13.6 Å². The second kappa shape index (κ2) is 4.75. The molecule has 1 rings (SSSR count). The Kier molecular flexibility index (Phi) is 3.88. The quantitative estimate of drug-likeness (QED) is 0.772. The molecule has 0 amide bonds. The van der Waals surface area contributed by atoms with E-state index in [2.05, 4.69) is 40.8 Å². The zero-order valence-electron chi connectivity index (χ0n) is 9.11. The molecule has 0 fully saturated rings. The van der Waals surface area contributed by atoms with Crippen LogP contribution >= 0.6 is 11.8 Å². The Morgan fingerprint density at radius 2 is 2.21 bits per heavy atom. The molecule has 0 spiro atoms. The number of tetrazole rings is 1. The van der Waals surface area contributed by atoms with E-state index < -0.39 is 0 Å². The molecule has 0 radical (unpaired) electrons. The van der Waals surface area contributed by atoms with Gasteiger partial charge in [-0.1, -0.05) is 0 Å². The van der Waals surface area contributed by atoms with Crippen LogP contribution in [0.1, 0.15) is 19.7 Å². The molecule has 1 aromatic heterocycles. The first kappa shape index (κ1) is 11.5. The van der Waals surface area contributed by atoms with Crippen molar-refractivity contribution in [1.82, 2.24) is 25.5 Å². The molecule has 0 aromatic carbocycles. The minimum atomic E-state index is 0.252. The van der Waals surface area contributed by atoms with Crippen molar-refractivity contribution in [3.05, 3.63) is 5.82 Å². The van der Waals surface area contributed by atoms with Gasteiger partial charge in [-0.05, 0) is 25.3 Å². The first-order valence-corrected chi connectivity index (χ1v) is 5.75. The number of nitrogens with one attached hydrogen (secondary N) is 1. The largest absolute Gasteiger partial charge is 0.308 e. The molecule has 1 aromatic rings. The Balaban J connectivity index is 2.28. The maximum absolute atomic E-state index is 4.08. The van der Waals surface area contributed by atoms with Crippen molar-refractivity contribution in [2.24, 2.45) is 7.05 Å². The van der Waals surface area contributed by atoms with Gasteiger partial charge in [-0.2, -0.15) is 16.6 Å². The fourth-order valence-corrected chi connectivity index (χ4v) is 1.19. The monoisotopic (exact) mass is 215 g/mol. The van der Waals surface area contributed by atoms with Gasteiger partial charge in [0.1, 0.15) is 0 Å². The van der Waals surface area contributed by atoms with Crippen molar-refractivity contribution in [2.45, 2.75) is 25.1 Å². The molecule has 1 N–H and O–H groups in total. The summed E-state index contributed by atoms with van der Waals surface area (Å²) >= 11 is 1.84. The van der Waals surface area contributed by atoms with Crippen LogP contribution in [-0.4, -0.2) is 37.8 Å². The predicted molar refractivity (Wildman–Crippen MR) is 58.1 cm³/mol. The minimum absolute atomic E-state index is 0.252. The zero-order chi connectivity index (χ0) is 10.6. The second-order valence-corrected chi connectivity index (χ2v) is 5.28. The first-order chi connectivity index (χ1) is 6.53. The molecule has 0 atom stereocenters. The van der Waals surface area contributed by atoms with Crippen LogP contribution in [-0.2, 0) is 13.6 Å². The minimum Gasteiger partial charge on any atom is -0.308 e. The van der Waals surface area contributed by atoms with Gasteiger partial charge >= 0.3 is 0 Å². The van der Waals surface area contributed by atoms with Gasteiger partial charge in [0.25, 0.3) is 0 Å². The molecular formula is C8H17N5S. The summed E-state index contributed by atoms with van der Waals surface area (Å²) in [5, 5.41) is 15.0. The van der Waals surface area contributed by atoms with Crippen LogP contribution in [0.5, 0.6) is 0 Å². The Bertz CT molecular complexity index is 283. The van der Waals surface area contributed by atoms with E-state index >= 15 is 0 Å². The van der Waals surface area contributed by atoms with Crippen molar-refractivity contribution >= 4 is 11.8 Å². The highest BCUT2D eigenvalue weighted by molar-refractivity contribution is 7.99. The van der Waals surface area contributed by atoms with E-state index in [9.17, 15) is 0 Å². The summed E-state index contributed by atoms with van der Waals surface area (Å²) in [7, 11) is 1.77. The van der Waals surface area contributed by atoms with E-state index in [4.69, 9.17) is 0 Å². The van der Waals surface area contributed by atoms with Crippen LogP contribution in [0.25, 0.3) is 0 Å². The van der Waals surface area contributed by atoms with Crippen LogP contribution in [0.15, 0.2) is 0 Å². The molecule has 0 saturated heterocycles. The Labute approximate surface area is 88.6 Å². The Morgan fingerprint density at radius 3 is 2.71 bits per heavy atom. The van der Waals surface area contributed by atoms with E-state index in [1.54, 1.807) is 7.05 Å². The fraction of sp³-hybridized carbons (Fsp3) is 0.875. The molecular weight excluding hydrogens is 198 g/mol. The van der Waals surface area contributed by atoms with Gasteiger partial charge in [-0.3, -0.25) is 0 Å². The van der Waals surface area contributed by atoms with E-state index in [1.165, 1.54) is 4.80 Å². The number of aryl methyl sites for hydroxylation is 1. The van der Waals surface area contributed by atoms with Gasteiger partial charge in [0, 0.05) is 11.3 Å². The van der Waals surface area contributed by atoms with Crippen molar-refractivity contribution in [3.63, 3.8) is 0 Å². The fourth-order valence-electron chi connectivity index (χ4n) is 0.942. The van der Waals surface area contributed by atoms with Gasteiger partial charge in [-0.15, -0.1) is 10.2 Å². The number of rotatable bonds is 5. The van der Waals surface area contributed by atoms with E-state index in [0.29, 0.717) is 6.54 Å². The number of nitrogens with zero attached hydrogens (tertiary/aromatic N) is 4. The summed E-state index contributed by atoms with van der Waals surface area (Å²) in [5.74, 6) is 0.740. The summed E-state index contributed by atoms with van der Waals surface area (Å²) in [6, 6.07) is 0. The molecule has 1 heterocycles. The Hall–Kier alpha value is -0.620. The summed E-state index contributed by atoms with van der Waals surface area (Å²) in [4.78, 5) is 1.47. The van der Waals surface area contributed by atoms with E-state index in [1.807, 2.05) is 11.8 Å². The zero-order valence-corrected chi connectivity index (χ0v) is 9.93. The molecule has 14 heavy (non-hydrogen) atoms. The van der Waals surface area contributed by atoms with Gasteiger partial charge in [0.15, 0.2) is 5.82 Å². The second-order valence-electron chi connectivity index (χ2n) is 3.76. The summed E-state index contributed by atoms with van der Waals surface area (Å²) < 4.78 is 0.252. The highest BCUT2D eigenvalue weighted by atomic mass is 32.2. The smallest absolute Gasteiger partial charge is 0.188 e. The lowest BCUT2D eigenvalue weighted by molar-refractivity contribution is 0.574. The Morgan fingerprint density at radius 1 is 1.50 bits per heavy atom. The van der Waals surface area contributed by atoms with Gasteiger partial charge in [-0.25, -0.2) is 0 Å². The van der Waals surface area contributed by atoms with Crippen LogP contribution in [0.4, 0.5) is 0 Å². The van der Waals surface area contributed by atoms with Crippen LogP contribution < -0.4 is 5.32 Å². The lowest BCUT2D eigenvalue weighted by Gasteiger charge is -2.21. The lowest BCUT2D eigenvalue weighted by atomic mass is 10.2. The lowest BCUT2D eigenvalue weighted by Crippen LogP contribution is -2.31. The SMILES string of the molecule is CSC(C)(C)CNCc1nnn(C)n1. The van der Waals surface area contributed by atoms with Gasteiger partial charge < -0.3 is 5.32 Å². The van der Waals surface area contributed by atoms with Gasteiger partial charge in [0.2, 0.25) is 0 Å². The van der Waals surface area contributed by atoms with E-state index in [-0.39, 0.29) is 4.75 Å². The van der Waals surface area contributed by atoms with Crippen molar-refractivity contribution in [3.8, 4) is 0 Å². The highest BCUT2D eigenvalue weighted by Crippen LogP contribution is 2.19. The number of hydrogen-bond acceptors (Lipinski definition) is 5. The maximum atomic E-state index is 4.08. The third kappa shape index (κ3) is 3.63. The van der Waals surface area contributed by atoms with E-state index in [0.717, 1.165) is 12.4 Å². The molecule has 0 aliphatic carbocycles. The molecule has 6 heteroatoms. The van der Waals surface area contributed by atoms with Crippen LogP contribution in [0.2, 0.25) is 0 Å². The number of hydrogen-bond donors (Lipinski definition) is 1. The van der Waals surface area contributed by atoms with Crippen LogP contribution in [0.3, 0.4) is 0 Å². The number of aromatic nitrogens is 4. The highest BCUT2D eigenvalue weighted by Gasteiger charge is 2.15. The normalized spacial score (nSPS) is 12.0. The number of thioether (sulfide) groups is 1. The molecule has 80 valence electrons. The first-order valence-electron chi connectivity index (χ1n) is 4.52. The third-order valence-corrected chi connectivity index (χ3v) is 3.19. The maximum Gasteiger partial charge on any atom is 0.188 e. The van der Waals surface area contributed by atoms with Crippen molar-refractivity contribution < 1.29 is 0 Å².